The summed E-state index contributed by atoms with van der Waals surface area (Å²) < 4.78 is 5.18. The van der Waals surface area contributed by atoms with Crippen molar-refractivity contribution in [3.05, 3.63) is 0 Å². The number of carboxylic acid groups (broad SMARTS) is 1. The van der Waals surface area contributed by atoms with Crippen molar-refractivity contribution in [1.29, 1.82) is 0 Å². The van der Waals surface area contributed by atoms with Gasteiger partial charge in [0, 0.05) is 7.05 Å². The van der Waals surface area contributed by atoms with Crippen LogP contribution in [0.25, 0.3) is 0 Å². The van der Waals surface area contributed by atoms with Crippen LogP contribution >= 0.6 is 0 Å². The second kappa shape index (κ2) is 6.98. The minimum Gasteiger partial charge on any atom is -0.480 e. The van der Waals surface area contributed by atoms with Crippen LogP contribution in [0.3, 0.4) is 0 Å². The van der Waals surface area contributed by atoms with Gasteiger partial charge in [-0.25, -0.2) is 9.59 Å². The first-order valence-corrected chi connectivity index (χ1v) is 7.16. The van der Waals surface area contributed by atoms with Crippen molar-refractivity contribution < 1.29 is 24.2 Å². The zero-order chi connectivity index (χ0) is 17.9. The summed E-state index contributed by atoms with van der Waals surface area (Å²) in [7, 11) is 1.44. The molecule has 0 saturated heterocycles. The lowest BCUT2D eigenvalue weighted by Crippen LogP contribution is -2.55. The largest absolute Gasteiger partial charge is 0.480 e. The fraction of sp³-hybridized carbons (Fsp3) is 0.800. The third kappa shape index (κ3) is 6.32. The van der Waals surface area contributed by atoms with E-state index in [0.717, 1.165) is 4.90 Å². The topological polar surface area (TPSA) is 95.9 Å². The number of nitrogens with zero attached hydrogens (tertiary/aromatic N) is 1. The molecule has 0 spiro atoms. The molecule has 0 aliphatic heterocycles. The van der Waals surface area contributed by atoms with Crippen molar-refractivity contribution in [2.24, 2.45) is 5.41 Å². The van der Waals surface area contributed by atoms with E-state index in [2.05, 4.69) is 5.32 Å². The third-order valence-electron chi connectivity index (χ3n) is 3.04. The van der Waals surface area contributed by atoms with Gasteiger partial charge in [0.25, 0.3) is 0 Å². The lowest BCUT2D eigenvalue weighted by atomic mass is 9.86. The first kappa shape index (κ1) is 20.2. The average molecular weight is 316 g/mol. The van der Waals surface area contributed by atoms with Gasteiger partial charge in [0.05, 0.1) is 0 Å². The van der Waals surface area contributed by atoms with Crippen molar-refractivity contribution >= 4 is 18.0 Å². The van der Waals surface area contributed by atoms with Gasteiger partial charge in [-0.2, -0.15) is 0 Å². The Morgan fingerprint density at radius 2 is 1.55 bits per heavy atom. The Balaban J connectivity index is 4.92. The van der Waals surface area contributed by atoms with Crippen molar-refractivity contribution in [1.82, 2.24) is 10.2 Å². The lowest BCUT2D eigenvalue weighted by Gasteiger charge is -2.31. The van der Waals surface area contributed by atoms with Gasteiger partial charge in [0.15, 0.2) is 0 Å². The number of aliphatic carboxylic acids is 1. The van der Waals surface area contributed by atoms with E-state index >= 15 is 0 Å². The van der Waals surface area contributed by atoms with Gasteiger partial charge >= 0.3 is 12.1 Å². The number of rotatable bonds is 4. The molecule has 128 valence electrons. The van der Waals surface area contributed by atoms with Crippen LogP contribution in [0.1, 0.15) is 48.5 Å². The van der Waals surface area contributed by atoms with Crippen LogP contribution < -0.4 is 5.32 Å². The number of likely N-dealkylation sites (N-methyl/N-ethyl adjacent to an activating group) is 1. The molecule has 2 N–H and O–H groups in total. The van der Waals surface area contributed by atoms with E-state index in [1.54, 1.807) is 41.5 Å². The first-order valence-electron chi connectivity index (χ1n) is 7.16. The molecule has 0 aromatic rings. The highest BCUT2D eigenvalue weighted by Gasteiger charge is 2.35. The van der Waals surface area contributed by atoms with Crippen molar-refractivity contribution in [3.8, 4) is 0 Å². The standard InChI is InChI=1S/C15H28N2O5/c1-9(17(8)13(21)22-15(5,6)7)11(18)16-10(12(19)20)14(2,3)4/h9-10H,1-8H3,(H,16,18)(H,19,20)/t9-,10?/m0/s1. The minimum absolute atomic E-state index is 0.546. The molecule has 7 heteroatoms. The number of hydrogen-bond acceptors (Lipinski definition) is 4. The van der Waals surface area contributed by atoms with Gasteiger partial charge in [-0.1, -0.05) is 20.8 Å². The number of ether oxygens (including phenoxy) is 1. The summed E-state index contributed by atoms with van der Waals surface area (Å²) in [6.07, 6.45) is -0.641. The first-order chi connectivity index (χ1) is 9.66. The second-order valence-electron chi connectivity index (χ2n) is 7.41. The maximum atomic E-state index is 12.2. The van der Waals surface area contributed by atoms with Crippen LogP contribution in [-0.2, 0) is 14.3 Å². The summed E-state index contributed by atoms with van der Waals surface area (Å²) in [6.45, 7) is 11.8. The summed E-state index contributed by atoms with van der Waals surface area (Å²) in [5.41, 5.74) is -1.32. The number of amides is 2. The molecule has 0 heterocycles. The molecule has 0 aromatic heterocycles. The zero-order valence-electron chi connectivity index (χ0n) is 14.7. The van der Waals surface area contributed by atoms with Crippen LogP contribution in [0.15, 0.2) is 0 Å². The molecule has 0 radical (unpaired) electrons. The van der Waals surface area contributed by atoms with E-state index in [1.807, 2.05) is 0 Å². The summed E-state index contributed by atoms with van der Waals surface area (Å²) in [4.78, 5) is 36.5. The van der Waals surface area contributed by atoms with E-state index in [-0.39, 0.29) is 0 Å². The van der Waals surface area contributed by atoms with E-state index in [4.69, 9.17) is 4.74 Å². The zero-order valence-corrected chi connectivity index (χ0v) is 14.7. The number of carbonyl (C=O) groups excluding carboxylic acids is 2. The Bertz CT molecular complexity index is 434. The van der Waals surface area contributed by atoms with Crippen molar-refractivity contribution in [3.63, 3.8) is 0 Å². The second-order valence-corrected chi connectivity index (χ2v) is 7.41. The van der Waals surface area contributed by atoms with Crippen molar-refractivity contribution in [2.75, 3.05) is 7.05 Å². The molecule has 0 bridgehead atoms. The Morgan fingerprint density at radius 1 is 1.09 bits per heavy atom. The number of carbonyl (C=O) groups is 3. The van der Waals surface area contributed by atoms with Crippen LogP contribution in [0.4, 0.5) is 4.79 Å². The fourth-order valence-corrected chi connectivity index (χ4v) is 1.58. The minimum atomic E-state index is -1.12. The van der Waals surface area contributed by atoms with E-state index in [9.17, 15) is 19.5 Å². The maximum absolute atomic E-state index is 12.2. The molecule has 7 nitrogen and oxygen atoms in total. The molecule has 2 atom stereocenters. The number of nitrogens with one attached hydrogen (secondary N) is 1. The average Bonchev–Trinajstić information content (AvgIpc) is 2.29. The monoisotopic (exact) mass is 316 g/mol. The Labute approximate surface area is 132 Å². The van der Waals surface area contributed by atoms with Crippen LogP contribution in [0.2, 0.25) is 0 Å². The predicted octanol–water partition coefficient (Wildman–Crippen LogP) is 1.86. The van der Waals surface area contributed by atoms with Gasteiger partial charge in [0.2, 0.25) is 5.91 Å². The molecule has 22 heavy (non-hydrogen) atoms. The molecule has 0 aromatic carbocycles. The normalized spacial score (nSPS) is 14.7. The SMILES string of the molecule is C[C@@H](C(=O)NC(C(=O)O)C(C)(C)C)N(C)C(=O)OC(C)(C)C. The van der Waals surface area contributed by atoms with Gasteiger partial charge in [-0.3, -0.25) is 9.69 Å². The molecule has 0 aliphatic rings. The molecule has 0 fully saturated rings. The van der Waals surface area contributed by atoms with E-state index in [0.29, 0.717) is 0 Å². The highest BCUT2D eigenvalue weighted by Crippen LogP contribution is 2.20. The maximum Gasteiger partial charge on any atom is 0.410 e. The van der Waals surface area contributed by atoms with E-state index in [1.165, 1.54) is 14.0 Å². The number of carboxylic acids is 1. The van der Waals surface area contributed by atoms with Gasteiger partial charge in [-0.15, -0.1) is 0 Å². The lowest BCUT2D eigenvalue weighted by molar-refractivity contribution is -0.145. The molecular formula is C15H28N2O5. The van der Waals surface area contributed by atoms with Gasteiger partial charge < -0.3 is 15.2 Å². The smallest absolute Gasteiger partial charge is 0.410 e. The predicted molar refractivity (Wildman–Crippen MR) is 82.5 cm³/mol. The van der Waals surface area contributed by atoms with Gasteiger partial charge in [-0.05, 0) is 33.1 Å². The van der Waals surface area contributed by atoms with Gasteiger partial charge in [0.1, 0.15) is 17.7 Å². The van der Waals surface area contributed by atoms with E-state index < -0.39 is 41.1 Å². The highest BCUT2D eigenvalue weighted by molar-refractivity contribution is 5.89. The van der Waals surface area contributed by atoms with Crippen LogP contribution in [0.5, 0.6) is 0 Å². The summed E-state index contributed by atoms with van der Waals surface area (Å²) in [5.74, 6) is -1.66. The molecule has 0 saturated carbocycles. The summed E-state index contributed by atoms with van der Waals surface area (Å²) >= 11 is 0. The number of hydrogen-bond donors (Lipinski definition) is 2. The third-order valence-corrected chi connectivity index (χ3v) is 3.04. The highest BCUT2D eigenvalue weighted by atomic mass is 16.6. The molecule has 1 unspecified atom stereocenters. The Morgan fingerprint density at radius 3 is 1.86 bits per heavy atom. The summed E-state index contributed by atoms with van der Waals surface area (Å²) in [6, 6.07) is -1.89. The molecular weight excluding hydrogens is 288 g/mol. The quantitative estimate of drug-likeness (QED) is 0.825. The molecule has 2 amide bonds. The Kier molecular flexibility index (Phi) is 6.41. The van der Waals surface area contributed by atoms with Crippen molar-refractivity contribution in [2.45, 2.75) is 66.2 Å². The molecule has 0 rings (SSSR count). The molecule has 0 aliphatic carbocycles. The summed E-state index contributed by atoms with van der Waals surface area (Å²) in [5, 5.41) is 11.7. The Hall–Kier alpha value is -1.79. The van der Waals surface area contributed by atoms with Crippen LogP contribution in [-0.4, -0.2) is 52.7 Å². The van der Waals surface area contributed by atoms with Crippen LogP contribution in [0, 0.1) is 5.41 Å². The fourth-order valence-electron chi connectivity index (χ4n) is 1.58.